The van der Waals surface area contributed by atoms with E-state index < -0.39 is 0 Å². The van der Waals surface area contributed by atoms with Crippen LogP contribution in [0.1, 0.15) is 19.3 Å². The van der Waals surface area contributed by atoms with Gasteiger partial charge >= 0.3 is 0 Å². The normalized spacial score (nSPS) is 28.8. The monoisotopic (exact) mass is 161 g/mol. The molecule has 1 aliphatic heterocycles. The van der Waals surface area contributed by atoms with Crippen molar-refractivity contribution in [3.05, 3.63) is 0 Å². The molecule has 0 saturated carbocycles. The molecule has 1 fully saturated rings. The third kappa shape index (κ3) is 2.48. The molecule has 2 unspecified atom stereocenters. The molecule has 0 amide bonds. The molecule has 60 valence electrons. The fourth-order valence-corrected chi connectivity index (χ4v) is 2.59. The molecule has 1 aliphatic rings. The van der Waals surface area contributed by atoms with Gasteiger partial charge in [-0.15, -0.1) is 0 Å². The van der Waals surface area contributed by atoms with E-state index in [1.165, 1.54) is 18.6 Å². The van der Waals surface area contributed by atoms with Crippen molar-refractivity contribution in [3.63, 3.8) is 0 Å². The number of nitrogens with two attached hydrogens (primary N) is 1. The van der Waals surface area contributed by atoms with Crippen LogP contribution in [0.25, 0.3) is 0 Å². The molecule has 2 nitrogen and oxygen atoms in total. The first-order valence-corrected chi connectivity index (χ1v) is 4.87. The summed E-state index contributed by atoms with van der Waals surface area (Å²) in [6.45, 7) is 0.414. The van der Waals surface area contributed by atoms with Crippen LogP contribution in [-0.4, -0.2) is 28.8 Å². The van der Waals surface area contributed by atoms with Gasteiger partial charge in [-0.2, -0.15) is 11.8 Å². The third-order valence-corrected chi connectivity index (χ3v) is 3.25. The summed E-state index contributed by atoms with van der Waals surface area (Å²) in [6.07, 6.45) is 3.20. The summed E-state index contributed by atoms with van der Waals surface area (Å²) in [4.78, 5) is 0. The number of aliphatic hydroxyl groups excluding tert-OH is 1. The van der Waals surface area contributed by atoms with E-state index in [2.05, 4.69) is 0 Å². The maximum Gasteiger partial charge on any atom is 0.0673 e. The smallest absolute Gasteiger partial charge is 0.0673 e. The molecule has 0 aliphatic carbocycles. The zero-order valence-corrected chi connectivity index (χ0v) is 6.94. The Balaban J connectivity index is 2.11. The van der Waals surface area contributed by atoms with Gasteiger partial charge in [0.25, 0.3) is 0 Å². The van der Waals surface area contributed by atoms with Crippen LogP contribution in [0.3, 0.4) is 0 Å². The van der Waals surface area contributed by atoms with Crippen molar-refractivity contribution < 1.29 is 5.11 Å². The first-order valence-electron chi connectivity index (χ1n) is 3.82. The number of thioether (sulfide) groups is 1. The highest BCUT2D eigenvalue weighted by Crippen LogP contribution is 2.29. The van der Waals surface area contributed by atoms with E-state index in [0.29, 0.717) is 11.8 Å². The SMILES string of the molecule is NCC(O)CC1CCCS1. The molecule has 1 heterocycles. The standard InChI is InChI=1S/C7H15NOS/c8-5-6(9)4-7-2-1-3-10-7/h6-7,9H,1-5,8H2. The summed E-state index contributed by atoms with van der Waals surface area (Å²) in [5.74, 6) is 1.27. The largest absolute Gasteiger partial charge is 0.392 e. The van der Waals surface area contributed by atoms with Gasteiger partial charge in [-0.3, -0.25) is 0 Å². The molecule has 0 bridgehead atoms. The van der Waals surface area contributed by atoms with E-state index in [-0.39, 0.29) is 6.10 Å². The second kappa shape index (κ2) is 4.21. The molecule has 3 heteroatoms. The molecule has 1 rings (SSSR count). The molecule has 0 aromatic rings. The van der Waals surface area contributed by atoms with Crippen LogP contribution in [-0.2, 0) is 0 Å². The Bertz CT molecular complexity index is 93.6. The Morgan fingerprint density at radius 2 is 2.50 bits per heavy atom. The Kier molecular flexibility index (Phi) is 3.52. The molecule has 1 saturated heterocycles. The van der Waals surface area contributed by atoms with Crippen molar-refractivity contribution in [2.75, 3.05) is 12.3 Å². The Morgan fingerprint density at radius 1 is 1.70 bits per heavy atom. The Morgan fingerprint density at radius 3 is 3.00 bits per heavy atom. The lowest BCUT2D eigenvalue weighted by Crippen LogP contribution is -2.23. The predicted molar refractivity (Wildman–Crippen MR) is 45.2 cm³/mol. The molecule has 0 radical (unpaired) electrons. The second-order valence-corrected chi connectivity index (χ2v) is 4.17. The van der Waals surface area contributed by atoms with Gasteiger partial charge in [0.1, 0.15) is 0 Å². The van der Waals surface area contributed by atoms with Crippen LogP contribution in [0, 0.1) is 0 Å². The highest BCUT2D eigenvalue weighted by atomic mass is 32.2. The van der Waals surface area contributed by atoms with E-state index in [4.69, 9.17) is 5.73 Å². The van der Waals surface area contributed by atoms with Gasteiger partial charge in [0, 0.05) is 11.8 Å². The lowest BCUT2D eigenvalue weighted by atomic mass is 10.1. The lowest BCUT2D eigenvalue weighted by molar-refractivity contribution is 0.171. The average molecular weight is 161 g/mol. The van der Waals surface area contributed by atoms with Crippen LogP contribution in [0.5, 0.6) is 0 Å². The minimum Gasteiger partial charge on any atom is -0.392 e. The Hall–Kier alpha value is 0.270. The summed E-state index contributed by atoms with van der Waals surface area (Å²) < 4.78 is 0. The van der Waals surface area contributed by atoms with Gasteiger partial charge < -0.3 is 10.8 Å². The predicted octanol–water partition coefficient (Wildman–Crippen LogP) is 0.592. The quantitative estimate of drug-likeness (QED) is 0.637. The molecular formula is C7H15NOS. The molecule has 3 N–H and O–H groups in total. The van der Waals surface area contributed by atoms with Crippen molar-refractivity contribution in [1.82, 2.24) is 0 Å². The van der Waals surface area contributed by atoms with E-state index in [0.717, 1.165) is 6.42 Å². The van der Waals surface area contributed by atoms with Gasteiger partial charge in [0.15, 0.2) is 0 Å². The molecule has 0 aromatic heterocycles. The van der Waals surface area contributed by atoms with E-state index >= 15 is 0 Å². The van der Waals surface area contributed by atoms with Crippen molar-refractivity contribution in [2.45, 2.75) is 30.6 Å². The minimum absolute atomic E-state index is 0.268. The number of rotatable bonds is 3. The number of aliphatic hydroxyl groups is 1. The van der Waals surface area contributed by atoms with Gasteiger partial charge in [-0.05, 0) is 25.0 Å². The molecule has 10 heavy (non-hydrogen) atoms. The summed E-state index contributed by atoms with van der Waals surface area (Å²) in [5, 5.41) is 9.86. The van der Waals surface area contributed by atoms with Crippen molar-refractivity contribution >= 4 is 11.8 Å². The zero-order chi connectivity index (χ0) is 7.40. The van der Waals surface area contributed by atoms with Crippen LogP contribution in [0.15, 0.2) is 0 Å². The van der Waals surface area contributed by atoms with Gasteiger partial charge in [-0.1, -0.05) is 0 Å². The first-order chi connectivity index (χ1) is 4.83. The summed E-state index contributed by atoms with van der Waals surface area (Å²) in [5.41, 5.74) is 5.29. The second-order valence-electron chi connectivity index (χ2n) is 2.76. The molecular weight excluding hydrogens is 146 g/mol. The topological polar surface area (TPSA) is 46.2 Å². The summed E-state index contributed by atoms with van der Waals surface area (Å²) in [6, 6.07) is 0. The van der Waals surface area contributed by atoms with Crippen LogP contribution >= 0.6 is 11.8 Å². The fraction of sp³-hybridized carbons (Fsp3) is 1.00. The fourth-order valence-electron chi connectivity index (χ4n) is 1.23. The highest BCUT2D eigenvalue weighted by Gasteiger charge is 2.18. The third-order valence-electron chi connectivity index (χ3n) is 1.83. The Labute approximate surface area is 66.2 Å². The molecule has 2 atom stereocenters. The van der Waals surface area contributed by atoms with Crippen molar-refractivity contribution in [2.24, 2.45) is 5.73 Å². The van der Waals surface area contributed by atoms with Gasteiger partial charge in [0.2, 0.25) is 0 Å². The maximum atomic E-state index is 9.18. The maximum absolute atomic E-state index is 9.18. The van der Waals surface area contributed by atoms with Crippen molar-refractivity contribution in [1.29, 1.82) is 0 Å². The summed E-state index contributed by atoms with van der Waals surface area (Å²) >= 11 is 1.97. The van der Waals surface area contributed by atoms with Gasteiger partial charge in [0.05, 0.1) is 6.10 Å². The first kappa shape index (κ1) is 8.37. The van der Waals surface area contributed by atoms with Crippen LogP contribution in [0.2, 0.25) is 0 Å². The van der Waals surface area contributed by atoms with E-state index in [1.54, 1.807) is 0 Å². The minimum atomic E-state index is -0.268. The highest BCUT2D eigenvalue weighted by molar-refractivity contribution is 8.00. The molecule has 0 aromatic carbocycles. The number of hydrogen-bond donors (Lipinski definition) is 2. The van der Waals surface area contributed by atoms with Crippen molar-refractivity contribution in [3.8, 4) is 0 Å². The zero-order valence-electron chi connectivity index (χ0n) is 6.12. The van der Waals surface area contributed by atoms with Crippen LogP contribution in [0.4, 0.5) is 0 Å². The number of hydrogen-bond acceptors (Lipinski definition) is 3. The molecule has 0 spiro atoms. The summed E-state index contributed by atoms with van der Waals surface area (Å²) in [7, 11) is 0. The lowest BCUT2D eigenvalue weighted by Gasteiger charge is -2.11. The average Bonchev–Trinajstić information content (AvgIpc) is 2.40. The van der Waals surface area contributed by atoms with E-state index in [1.807, 2.05) is 11.8 Å². The van der Waals surface area contributed by atoms with Gasteiger partial charge in [-0.25, -0.2) is 0 Å². The van der Waals surface area contributed by atoms with Crippen LogP contribution < -0.4 is 5.73 Å². The van der Waals surface area contributed by atoms with E-state index in [9.17, 15) is 5.11 Å².